The average Bonchev–Trinajstić information content (AvgIpc) is 3.41. The van der Waals surface area contributed by atoms with E-state index in [4.69, 9.17) is 14.1 Å². The Morgan fingerprint density at radius 1 is 1.36 bits per heavy atom. The summed E-state index contributed by atoms with van der Waals surface area (Å²) in [7, 11) is 0. The van der Waals surface area contributed by atoms with Gasteiger partial charge in [-0.2, -0.15) is 0 Å². The minimum absolute atomic E-state index is 0.0512. The van der Waals surface area contributed by atoms with Gasteiger partial charge in [-0.1, -0.05) is 20.8 Å². The topological polar surface area (TPSA) is 71.7 Å². The van der Waals surface area contributed by atoms with Crippen LogP contribution in [0.3, 0.4) is 0 Å². The van der Waals surface area contributed by atoms with E-state index in [0.717, 1.165) is 31.1 Å². The summed E-state index contributed by atoms with van der Waals surface area (Å²) in [5.41, 5.74) is 1.32. The third-order valence-corrected chi connectivity index (χ3v) is 6.47. The molecule has 1 unspecified atom stereocenters. The molecule has 8 heteroatoms. The highest BCUT2D eigenvalue weighted by atomic mass is 32.1. The monoisotopic (exact) mass is 404 g/mol. The van der Waals surface area contributed by atoms with Crippen LogP contribution in [-0.2, 0) is 17.7 Å². The molecule has 0 N–H and O–H groups in total. The molecule has 7 nitrogen and oxygen atoms in total. The molecule has 1 amide bonds. The Hall–Kier alpha value is -1.77. The van der Waals surface area contributed by atoms with Crippen LogP contribution in [-0.4, -0.2) is 64.1 Å². The minimum atomic E-state index is -0.290. The second-order valence-electron chi connectivity index (χ2n) is 8.02. The van der Waals surface area contributed by atoms with Gasteiger partial charge in [0.25, 0.3) is 5.91 Å². The molecule has 2 aromatic heterocycles. The summed E-state index contributed by atoms with van der Waals surface area (Å²) in [5.74, 6) is 1.06. The van der Waals surface area contributed by atoms with E-state index in [1.165, 1.54) is 12.1 Å². The van der Waals surface area contributed by atoms with Crippen LogP contribution in [0.5, 0.6) is 0 Å². The van der Waals surface area contributed by atoms with Crippen LogP contribution in [0.4, 0.5) is 0 Å². The van der Waals surface area contributed by atoms with Crippen molar-refractivity contribution in [3.63, 3.8) is 0 Å². The molecule has 2 fully saturated rings. The van der Waals surface area contributed by atoms with Gasteiger partial charge in [-0.25, -0.2) is 9.97 Å². The van der Waals surface area contributed by atoms with Crippen LogP contribution in [0.1, 0.15) is 60.1 Å². The molecule has 152 valence electrons. The quantitative estimate of drug-likeness (QED) is 0.763. The summed E-state index contributed by atoms with van der Waals surface area (Å²) in [6.07, 6.45) is 2.87. The summed E-state index contributed by atoms with van der Waals surface area (Å²) in [5, 5.41) is 3.32. The van der Waals surface area contributed by atoms with Crippen LogP contribution in [0.2, 0.25) is 0 Å². The van der Waals surface area contributed by atoms with Crippen LogP contribution < -0.4 is 0 Å². The molecule has 2 aliphatic heterocycles. The van der Waals surface area contributed by atoms with Crippen molar-refractivity contribution in [2.75, 3.05) is 32.8 Å². The fraction of sp³-hybridized carbons (Fsp3) is 0.650. The van der Waals surface area contributed by atoms with Crippen molar-refractivity contribution in [2.24, 2.45) is 0 Å². The number of thiazole rings is 1. The molecule has 4 rings (SSSR count). The molecule has 0 aliphatic carbocycles. The van der Waals surface area contributed by atoms with Crippen molar-refractivity contribution in [2.45, 2.75) is 51.7 Å². The van der Waals surface area contributed by atoms with Crippen molar-refractivity contribution >= 4 is 17.2 Å². The Morgan fingerprint density at radius 3 is 2.96 bits per heavy atom. The van der Waals surface area contributed by atoms with E-state index < -0.39 is 0 Å². The van der Waals surface area contributed by atoms with E-state index >= 15 is 0 Å². The number of rotatable bonds is 5. The van der Waals surface area contributed by atoms with Gasteiger partial charge in [-0.15, -0.1) is 11.3 Å². The fourth-order valence-electron chi connectivity index (χ4n) is 4.02. The van der Waals surface area contributed by atoms with E-state index in [2.05, 4.69) is 29.1 Å². The number of likely N-dealkylation sites (tertiary alicyclic amines) is 1. The molecule has 0 aromatic carbocycles. The van der Waals surface area contributed by atoms with Crippen LogP contribution >= 0.6 is 11.3 Å². The maximum atomic E-state index is 12.9. The number of carbonyl (C=O) groups is 1. The summed E-state index contributed by atoms with van der Waals surface area (Å²) in [6, 6.07) is 0. The molecule has 2 aliphatic rings. The van der Waals surface area contributed by atoms with Crippen LogP contribution in [0.25, 0.3) is 0 Å². The zero-order chi connectivity index (χ0) is 19.7. The predicted molar refractivity (Wildman–Crippen MR) is 107 cm³/mol. The normalized spacial score (nSPS) is 23.2. The summed E-state index contributed by atoms with van der Waals surface area (Å²) in [4.78, 5) is 26.1. The number of nitrogens with zero attached hydrogens (tertiary/aromatic N) is 4. The SMILES string of the molecule is CCc1ocnc1C(=O)N1CCC2(CN(Cc3nc(C(C)C)cs3)CCO2)C1. The highest BCUT2D eigenvalue weighted by Crippen LogP contribution is 2.31. The Kier molecular flexibility index (Phi) is 5.53. The van der Waals surface area contributed by atoms with Crippen molar-refractivity contribution in [3.8, 4) is 0 Å². The zero-order valence-corrected chi connectivity index (χ0v) is 17.6. The predicted octanol–water partition coefficient (Wildman–Crippen LogP) is 2.93. The van der Waals surface area contributed by atoms with Crippen molar-refractivity contribution in [1.29, 1.82) is 0 Å². The molecule has 2 saturated heterocycles. The van der Waals surface area contributed by atoms with Crippen molar-refractivity contribution in [1.82, 2.24) is 19.8 Å². The number of hydrogen-bond donors (Lipinski definition) is 0. The van der Waals surface area contributed by atoms with Gasteiger partial charge in [-0.3, -0.25) is 9.69 Å². The lowest BCUT2D eigenvalue weighted by Gasteiger charge is -2.40. The zero-order valence-electron chi connectivity index (χ0n) is 16.8. The lowest BCUT2D eigenvalue weighted by Crippen LogP contribution is -2.53. The third-order valence-electron chi connectivity index (χ3n) is 5.62. The molecule has 28 heavy (non-hydrogen) atoms. The van der Waals surface area contributed by atoms with Gasteiger partial charge < -0.3 is 14.1 Å². The van der Waals surface area contributed by atoms with Gasteiger partial charge in [0.05, 0.1) is 25.4 Å². The number of morpholine rings is 1. The van der Waals surface area contributed by atoms with Crippen molar-refractivity contribution < 1.29 is 13.9 Å². The second-order valence-corrected chi connectivity index (χ2v) is 8.96. The standard InChI is InChI=1S/C20H28N4O3S/c1-4-16-18(21-13-26-16)19(25)24-6-5-20(12-24)11-23(7-8-27-20)9-17-22-15(10-28-17)14(2)3/h10,13-14H,4-9,11-12H2,1-3H3. The maximum absolute atomic E-state index is 12.9. The Balaban J connectivity index is 1.40. The largest absolute Gasteiger partial charge is 0.448 e. The average molecular weight is 405 g/mol. The number of aryl methyl sites for hydroxylation is 1. The Labute approximate surface area is 169 Å². The van der Waals surface area contributed by atoms with Crippen molar-refractivity contribution in [3.05, 3.63) is 33.9 Å². The number of oxazole rings is 1. The highest BCUT2D eigenvalue weighted by molar-refractivity contribution is 7.09. The highest BCUT2D eigenvalue weighted by Gasteiger charge is 2.45. The van der Waals surface area contributed by atoms with E-state index in [0.29, 0.717) is 43.5 Å². The fourth-order valence-corrected chi connectivity index (χ4v) is 5.02. The first-order chi connectivity index (χ1) is 13.5. The first kappa shape index (κ1) is 19.5. The Bertz CT molecular complexity index is 833. The molecule has 4 heterocycles. The molecular formula is C20H28N4O3S. The molecule has 1 spiro atoms. The first-order valence-corrected chi connectivity index (χ1v) is 10.9. The van der Waals surface area contributed by atoms with Crippen LogP contribution in [0, 0.1) is 0 Å². The summed E-state index contributed by atoms with van der Waals surface area (Å²) >= 11 is 1.73. The molecule has 0 bridgehead atoms. The van der Waals surface area contributed by atoms with Gasteiger partial charge in [0.15, 0.2) is 12.1 Å². The molecule has 2 aromatic rings. The lowest BCUT2D eigenvalue weighted by molar-refractivity contribution is -0.102. The number of hydrogen-bond acceptors (Lipinski definition) is 7. The van der Waals surface area contributed by atoms with Gasteiger partial charge in [-0.05, 0) is 12.3 Å². The second kappa shape index (κ2) is 7.93. The molecule has 0 radical (unpaired) electrons. The van der Waals surface area contributed by atoms with Gasteiger partial charge in [0.2, 0.25) is 0 Å². The van der Waals surface area contributed by atoms with Gasteiger partial charge in [0, 0.05) is 31.4 Å². The van der Waals surface area contributed by atoms with Gasteiger partial charge >= 0.3 is 0 Å². The molecule has 1 atom stereocenters. The number of carbonyl (C=O) groups excluding carboxylic acids is 1. The number of ether oxygens (including phenoxy) is 1. The van der Waals surface area contributed by atoms with E-state index in [9.17, 15) is 4.79 Å². The lowest BCUT2D eigenvalue weighted by atomic mass is 10.0. The first-order valence-electron chi connectivity index (χ1n) is 10.0. The number of amides is 1. The van der Waals surface area contributed by atoms with E-state index in [-0.39, 0.29) is 11.5 Å². The third kappa shape index (κ3) is 3.86. The maximum Gasteiger partial charge on any atom is 0.276 e. The minimum Gasteiger partial charge on any atom is -0.448 e. The molecule has 0 saturated carbocycles. The van der Waals surface area contributed by atoms with E-state index in [1.807, 2.05) is 11.8 Å². The molecular weight excluding hydrogens is 376 g/mol. The summed E-state index contributed by atoms with van der Waals surface area (Å²) in [6.45, 7) is 10.9. The Morgan fingerprint density at radius 2 is 2.21 bits per heavy atom. The number of aromatic nitrogens is 2. The van der Waals surface area contributed by atoms with E-state index in [1.54, 1.807) is 11.3 Å². The smallest absolute Gasteiger partial charge is 0.276 e. The summed E-state index contributed by atoms with van der Waals surface area (Å²) < 4.78 is 11.5. The van der Waals surface area contributed by atoms with Gasteiger partial charge in [0.1, 0.15) is 16.4 Å². The van der Waals surface area contributed by atoms with Crippen LogP contribution in [0.15, 0.2) is 16.2 Å².